The van der Waals surface area contributed by atoms with Crippen molar-refractivity contribution in [1.29, 1.82) is 0 Å². The van der Waals surface area contributed by atoms with Crippen LogP contribution in [0.15, 0.2) is 12.5 Å². The van der Waals surface area contributed by atoms with Crippen molar-refractivity contribution in [3.8, 4) is 0 Å². The molecule has 1 aromatic heterocycles. The third kappa shape index (κ3) is 25.4. The number of hydrogen-bond donors (Lipinski definition) is 6. The molecule has 0 saturated heterocycles. The molecule has 288 valence electrons. The number of carboxylic acid groups (broad SMARTS) is 2. The van der Waals surface area contributed by atoms with Gasteiger partial charge in [0, 0.05) is 64.2 Å². The van der Waals surface area contributed by atoms with Gasteiger partial charge in [-0.15, -0.1) is 0 Å². The Labute approximate surface area is 297 Å². The summed E-state index contributed by atoms with van der Waals surface area (Å²) in [5.74, 6) is -4.29. The number of unbranched alkanes of at least 4 members (excludes halogenated alkanes) is 1. The van der Waals surface area contributed by atoms with E-state index in [4.69, 9.17) is 24.1 Å². The zero-order valence-electron chi connectivity index (χ0n) is 29.3. The summed E-state index contributed by atoms with van der Waals surface area (Å²) in [5.41, 5.74) is 0.825. The molecule has 1 aromatic rings. The molecule has 1 heterocycles. The van der Waals surface area contributed by atoms with Crippen LogP contribution in [0.4, 0.5) is 0 Å². The topological polar surface area (TPSA) is 262 Å². The van der Waals surface area contributed by atoms with Gasteiger partial charge in [0.15, 0.2) is 0 Å². The molecule has 1 rings (SSSR count). The number of ketones is 2. The first-order valence-corrected chi connectivity index (χ1v) is 17.1. The molecule has 0 aliphatic heterocycles. The molecule has 0 aromatic carbocycles. The number of rotatable bonds is 33. The third-order valence-electron chi connectivity index (χ3n) is 7.26. The molecule has 18 nitrogen and oxygen atoms in total. The highest BCUT2D eigenvalue weighted by atomic mass is 16.5. The number of aliphatic carboxylic acids is 2. The molecule has 18 heteroatoms. The highest BCUT2D eigenvalue weighted by molar-refractivity contribution is 5.84. The molecule has 0 aliphatic carbocycles. The number of ether oxygens (including phenoxy) is 4. The number of aromatic nitrogens is 2. The van der Waals surface area contributed by atoms with E-state index in [1.54, 1.807) is 6.20 Å². The van der Waals surface area contributed by atoms with Crippen molar-refractivity contribution >= 4 is 41.2 Å². The first-order chi connectivity index (χ1) is 24.5. The maximum atomic E-state index is 12.2. The smallest absolute Gasteiger partial charge is 0.326 e. The minimum absolute atomic E-state index is 0.0230. The fourth-order valence-electron chi connectivity index (χ4n) is 4.57. The molecule has 51 heavy (non-hydrogen) atoms. The lowest BCUT2D eigenvalue weighted by Gasteiger charge is -2.12. The molecule has 1 unspecified atom stereocenters. The van der Waals surface area contributed by atoms with Gasteiger partial charge < -0.3 is 50.1 Å². The van der Waals surface area contributed by atoms with E-state index in [9.17, 15) is 38.7 Å². The van der Waals surface area contributed by atoms with E-state index in [-0.39, 0.29) is 108 Å². The first-order valence-electron chi connectivity index (χ1n) is 17.1. The Morgan fingerprint density at radius 1 is 0.725 bits per heavy atom. The number of aromatic amines is 1. The van der Waals surface area contributed by atoms with Gasteiger partial charge in [0.1, 0.15) is 30.8 Å². The Balaban J connectivity index is 1.91. The number of amides is 3. The molecule has 6 N–H and O–H groups in total. The second-order valence-electron chi connectivity index (χ2n) is 11.7. The quantitative estimate of drug-likeness (QED) is 0.0529. The molecule has 0 radical (unpaired) electrons. The molecular weight excluding hydrogens is 674 g/mol. The van der Waals surface area contributed by atoms with Crippen molar-refractivity contribution in [2.75, 3.05) is 65.9 Å². The number of imidazole rings is 1. The predicted octanol–water partition coefficient (Wildman–Crippen LogP) is 0.190. The number of aryl methyl sites for hydroxylation is 1. The van der Waals surface area contributed by atoms with E-state index < -0.39 is 29.8 Å². The van der Waals surface area contributed by atoms with Crippen molar-refractivity contribution in [3.05, 3.63) is 18.2 Å². The Hall–Kier alpha value is -4.26. The Morgan fingerprint density at radius 3 is 1.98 bits per heavy atom. The molecule has 0 aliphatic rings. The fourth-order valence-corrected chi connectivity index (χ4v) is 4.57. The van der Waals surface area contributed by atoms with Crippen molar-refractivity contribution in [2.24, 2.45) is 5.92 Å². The number of carbonyl (C=O) groups excluding carboxylic acids is 5. The summed E-state index contributed by atoms with van der Waals surface area (Å²) in [6.07, 6.45) is 6.08. The average molecular weight is 728 g/mol. The summed E-state index contributed by atoms with van der Waals surface area (Å²) >= 11 is 0. The standard InChI is InChI=1S/C33H53N5O13/c1-24(39)38-29(33(46)47)10-9-27(40)6-4-13-48-15-17-50-22-31(43)36-12-14-49-16-18-51-21-30(42)35-11-3-2-5-25(32(44)45)19-28(41)8-7-26-20-34-23-37-26/h20,23,25,29H,2-19,21-22H2,1H3,(H,34,37)(H,35,42)(H,36,43)(H,38,39)(H,44,45)(H,46,47)/t25-,29?/m1/s1. The van der Waals surface area contributed by atoms with E-state index >= 15 is 0 Å². The van der Waals surface area contributed by atoms with Gasteiger partial charge in [0.25, 0.3) is 0 Å². The minimum Gasteiger partial charge on any atom is -0.481 e. The van der Waals surface area contributed by atoms with Crippen molar-refractivity contribution < 1.29 is 62.7 Å². The maximum Gasteiger partial charge on any atom is 0.326 e. The van der Waals surface area contributed by atoms with Crippen molar-refractivity contribution in [1.82, 2.24) is 25.9 Å². The molecule has 0 saturated carbocycles. The van der Waals surface area contributed by atoms with Gasteiger partial charge in [-0.1, -0.05) is 6.42 Å². The highest BCUT2D eigenvalue weighted by Gasteiger charge is 2.21. The molecule has 2 atom stereocenters. The lowest BCUT2D eigenvalue weighted by Crippen LogP contribution is -2.39. The lowest BCUT2D eigenvalue weighted by atomic mass is 9.94. The molecule has 3 amide bonds. The van der Waals surface area contributed by atoms with Crippen LogP contribution < -0.4 is 16.0 Å². The van der Waals surface area contributed by atoms with E-state index in [1.807, 2.05) is 0 Å². The first kappa shape index (κ1) is 44.8. The summed E-state index contributed by atoms with van der Waals surface area (Å²) in [6.45, 7) is 2.87. The van der Waals surface area contributed by atoms with Crippen LogP contribution in [0.3, 0.4) is 0 Å². The van der Waals surface area contributed by atoms with Crippen LogP contribution in [0.5, 0.6) is 0 Å². The Kier molecular flexibility index (Phi) is 25.0. The number of H-pyrrole nitrogens is 1. The average Bonchev–Trinajstić information content (AvgIpc) is 3.61. The van der Waals surface area contributed by atoms with E-state index in [1.165, 1.54) is 13.3 Å². The normalized spacial score (nSPS) is 12.1. The zero-order valence-corrected chi connectivity index (χ0v) is 29.3. The van der Waals surface area contributed by atoms with E-state index in [0.717, 1.165) is 5.69 Å². The molecule has 0 spiro atoms. The fraction of sp³-hybridized carbons (Fsp3) is 0.697. The van der Waals surface area contributed by atoms with Gasteiger partial charge in [-0.05, 0) is 32.1 Å². The highest BCUT2D eigenvalue weighted by Crippen LogP contribution is 2.15. The van der Waals surface area contributed by atoms with Crippen LogP contribution in [0, 0.1) is 5.92 Å². The molecular formula is C33H53N5O13. The number of Topliss-reactive ketones (excluding diaryl/α,β-unsaturated/α-hetero) is 2. The second-order valence-corrected chi connectivity index (χ2v) is 11.7. The number of nitrogens with one attached hydrogen (secondary N) is 4. The number of carbonyl (C=O) groups is 7. The van der Waals surface area contributed by atoms with Crippen LogP contribution in [-0.4, -0.2) is 133 Å². The van der Waals surface area contributed by atoms with E-state index in [0.29, 0.717) is 45.3 Å². The maximum absolute atomic E-state index is 12.2. The van der Waals surface area contributed by atoms with Crippen molar-refractivity contribution in [2.45, 2.75) is 77.2 Å². The SMILES string of the molecule is CC(=O)NC(CCC(=O)CCCOCCOCC(=O)NCCOCCOCC(=O)NCCCC[C@H](CC(=O)CCc1cnc[nH]1)C(=O)O)C(=O)O. The predicted molar refractivity (Wildman–Crippen MR) is 180 cm³/mol. The third-order valence-corrected chi connectivity index (χ3v) is 7.26. The number of carboxylic acids is 2. The van der Waals surface area contributed by atoms with Gasteiger partial charge in [-0.2, -0.15) is 0 Å². The van der Waals surface area contributed by atoms with Crippen LogP contribution >= 0.6 is 0 Å². The Bertz CT molecular complexity index is 1200. The Morgan fingerprint density at radius 2 is 1.37 bits per heavy atom. The summed E-state index contributed by atoms with van der Waals surface area (Å²) in [7, 11) is 0. The van der Waals surface area contributed by atoms with Gasteiger partial charge >= 0.3 is 11.9 Å². The zero-order chi connectivity index (χ0) is 37.7. The number of nitrogens with zero attached hydrogens (tertiary/aromatic N) is 1. The largest absolute Gasteiger partial charge is 0.481 e. The summed E-state index contributed by atoms with van der Waals surface area (Å²) in [4.78, 5) is 88.3. The van der Waals surface area contributed by atoms with E-state index in [2.05, 4.69) is 25.9 Å². The second kappa shape index (κ2) is 28.4. The van der Waals surface area contributed by atoms with Gasteiger partial charge in [-0.25, -0.2) is 9.78 Å². The van der Waals surface area contributed by atoms with Crippen LogP contribution in [0.25, 0.3) is 0 Å². The molecule has 0 fully saturated rings. The van der Waals surface area contributed by atoms with Crippen molar-refractivity contribution in [3.63, 3.8) is 0 Å². The van der Waals surface area contributed by atoms with Crippen LogP contribution in [0.1, 0.15) is 70.4 Å². The lowest BCUT2D eigenvalue weighted by molar-refractivity contribution is -0.144. The van der Waals surface area contributed by atoms with Crippen LogP contribution in [0.2, 0.25) is 0 Å². The monoisotopic (exact) mass is 727 g/mol. The summed E-state index contributed by atoms with van der Waals surface area (Å²) in [6, 6.07) is -1.09. The van der Waals surface area contributed by atoms with Crippen LogP contribution in [-0.2, 0) is 58.9 Å². The van der Waals surface area contributed by atoms with Gasteiger partial charge in [0.05, 0.1) is 45.3 Å². The van der Waals surface area contributed by atoms with Gasteiger partial charge in [-0.3, -0.25) is 28.8 Å². The van der Waals surface area contributed by atoms with Gasteiger partial charge in [0.2, 0.25) is 17.7 Å². The summed E-state index contributed by atoms with van der Waals surface area (Å²) < 4.78 is 21.2. The molecule has 0 bridgehead atoms. The minimum atomic E-state index is -1.19. The summed E-state index contributed by atoms with van der Waals surface area (Å²) in [5, 5.41) is 26.1. The number of hydrogen-bond acceptors (Lipinski definition) is 12.